The highest BCUT2D eigenvalue weighted by molar-refractivity contribution is 6.33. The quantitative estimate of drug-likeness (QED) is 0.507. The Kier molecular flexibility index (Phi) is 4.07. The topological polar surface area (TPSA) is 57.1 Å². The van der Waals surface area contributed by atoms with Crippen molar-refractivity contribution in [2.24, 2.45) is 7.05 Å². The molecule has 0 N–H and O–H groups in total. The van der Waals surface area contributed by atoms with Gasteiger partial charge in [0.2, 0.25) is 0 Å². The first-order valence-electron chi connectivity index (χ1n) is 8.15. The first-order valence-corrected chi connectivity index (χ1v) is 8.52. The molecule has 3 aromatic heterocycles. The van der Waals surface area contributed by atoms with Crippen LogP contribution < -0.4 is 5.69 Å². The second-order valence-corrected chi connectivity index (χ2v) is 6.68. The van der Waals surface area contributed by atoms with Gasteiger partial charge in [0.05, 0.1) is 27.5 Å². The molecule has 1 aromatic carbocycles. The molecule has 0 amide bonds. The predicted molar refractivity (Wildman–Crippen MR) is 97.7 cm³/mol. The van der Waals surface area contributed by atoms with Crippen LogP contribution in [0.5, 0.6) is 0 Å². The van der Waals surface area contributed by atoms with Gasteiger partial charge < -0.3 is 0 Å². The smallest absolute Gasteiger partial charge is 0.247 e. The van der Waals surface area contributed by atoms with Gasteiger partial charge >= 0.3 is 11.9 Å². The molecule has 0 spiro atoms. The zero-order valence-corrected chi connectivity index (χ0v) is 15.5. The zero-order chi connectivity index (χ0) is 20.2. The molecular formula is C18H13ClF3N5O. The van der Waals surface area contributed by atoms with E-state index in [9.17, 15) is 18.0 Å². The maximum atomic E-state index is 13.0. The fourth-order valence-electron chi connectivity index (χ4n) is 3.01. The molecule has 6 nitrogen and oxygen atoms in total. The molecule has 0 atom stereocenters. The number of nitrogens with zero attached hydrogens (tertiary/aromatic N) is 5. The van der Waals surface area contributed by atoms with Gasteiger partial charge in [0.1, 0.15) is 5.82 Å². The van der Waals surface area contributed by atoms with E-state index in [0.29, 0.717) is 28.3 Å². The van der Waals surface area contributed by atoms with E-state index in [2.05, 4.69) is 10.2 Å². The summed E-state index contributed by atoms with van der Waals surface area (Å²) in [5.41, 5.74) is 0.981. The van der Waals surface area contributed by atoms with Gasteiger partial charge in [-0.3, -0.25) is 0 Å². The Morgan fingerprint density at radius 3 is 2.32 bits per heavy atom. The maximum absolute atomic E-state index is 13.0. The molecule has 144 valence electrons. The summed E-state index contributed by atoms with van der Waals surface area (Å²) in [4.78, 5) is 12.2. The number of aryl methyl sites for hydroxylation is 2. The Labute approximate surface area is 161 Å². The summed E-state index contributed by atoms with van der Waals surface area (Å²) in [7, 11) is 1.57. The van der Waals surface area contributed by atoms with Gasteiger partial charge in [-0.1, -0.05) is 23.7 Å². The Hall–Kier alpha value is -3.07. The van der Waals surface area contributed by atoms with E-state index in [1.54, 1.807) is 44.3 Å². The minimum atomic E-state index is -4.51. The lowest BCUT2D eigenvalue weighted by Gasteiger charge is -2.07. The molecular weight excluding hydrogens is 395 g/mol. The Bertz CT molecular complexity index is 1250. The van der Waals surface area contributed by atoms with E-state index in [1.165, 1.54) is 9.25 Å². The van der Waals surface area contributed by atoms with Crippen LogP contribution in [0.15, 0.2) is 47.4 Å². The van der Waals surface area contributed by atoms with Gasteiger partial charge in [0.25, 0.3) is 0 Å². The van der Waals surface area contributed by atoms with Crippen LogP contribution in [-0.2, 0) is 13.2 Å². The third-order valence-corrected chi connectivity index (χ3v) is 4.66. The van der Waals surface area contributed by atoms with Crippen LogP contribution in [0.4, 0.5) is 13.2 Å². The van der Waals surface area contributed by atoms with Gasteiger partial charge in [0, 0.05) is 18.8 Å². The van der Waals surface area contributed by atoms with Crippen LogP contribution >= 0.6 is 11.6 Å². The highest BCUT2D eigenvalue weighted by atomic mass is 35.5. The van der Waals surface area contributed by atoms with Crippen LogP contribution in [0, 0.1) is 6.92 Å². The third-order valence-electron chi connectivity index (χ3n) is 4.36. The summed E-state index contributed by atoms with van der Waals surface area (Å²) < 4.78 is 42.7. The van der Waals surface area contributed by atoms with Crippen molar-refractivity contribution in [3.8, 4) is 16.9 Å². The van der Waals surface area contributed by atoms with Crippen molar-refractivity contribution in [3.05, 3.63) is 69.5 Å². The summed E-state index contributed by atoms with van der Waals surface area (Å²) in [6, 6.07) is 9.39. The largest absolute Gasteiger partial charge is 0.417 e. The number of alkyl halides is 3. The van der Waals surface area contributed by atoms with Gasteiger partial charge in [0.15, 0.2) is 0 Å². The lowest BCUT2D eigenvalue weighted by atomic mass is 10.1. The van der Waals surface area contributed by atoms with Crippen molar-refractivity contribution < 1.29 is 13.2 Å². The van der Waals surface area contributed by atoms with Gasteiger partial charge in [-0.05, 0) is 31.2 Å². The fraction of sp³-hybridized carbons (Fsp3) is 0.167. The average molecular weight is 408 g/mol. The summed E-state index contributed by atoms with van der Waals surface area (Å²) >= 11 is 6.00. The first kappa shape index (κ1) is 18.3. The van der Waals surface area contributed by atoms with Crippen molar-refractivity contribution in [3.63, 3.8) is 0 Å². The van der Waals surface area contributed by atoms with Crippen LogP contribution in [-0.4, -0.2) is 24.0 Å². The summed E-state index contributed by atoms with van der Waals surface area (Å²) in [6.07, 6.45) is -3.61. The van der Waals surface area contributed by atoms with Crippen LogP contribution in [0.3, 0.4) is 0 Å². The molecule has 0 saturated carbocycles. The number of hydrogen-bond donors (Lipinski definition) is 0. The van der Waals surface area contributed by atoms with Crippen LogP contribution in [0.2, 0.25) is 5.02 Å². The Morgan fingerprint density at radius 2 is 1.75 bits per heavy atom. The number of hydrogen-bond acceptors (Lipinski definition) is 3. The minimum absolute atomic E-state index is 0.0391. The molecule has 3 heterocycles. The molecule has 0 saturated heterocycles. The number of fused-ring (bicyclic) bond motifs is 1. The number of halogens is 4. The average Bonchev–Trinajstić information content (AvgIpc) is 3.16. The van der Waals surface area contributed by atoms with Gasteiger partial charge in [-0.15, -0.1) is 0 Å². The number of rotatable bonds is 2. The van der Waals surface area contributed by atoms with E-state index in [4.69, 9.17) is 11.6 Å². The second-order valence-electron chi connectivity index (χ2n) is 6.27. The van der Waals surface area contributed by atoms with E-state index in [-0.39, 0.29) is 10.7 Å². The third kappa shape index (κ3) is 2.97. The maximum Gasteiger partial charge on any atom is 0.417 e. The standard InChI is InChI=1S/C18H13ClF3N5O/c1-10-23-25(2)17(28)27(10)13-5-3-11(4-6-13)15-8-16-14(19)7-12(18(20,21)22)9-26(16)24-15/h3-9H,1-2H3. The summed E-state index contributed by atoms with van der Waals surface area (Å²) in [5, 5.41) is 8.25. The number of aromatic nitrogens is 5. The molecule has 28 heavy (non-hydrogen) atoms. The normalized spacial score (nSPS) is 12.1. The molecule has 0 radical (unpaired) electrons. The summed E-state index contributed by atoms with van der Waals surface area (Å²) in [6.45, 7) is 1.72. The molecule has 0 unspecified atom stereocenters. The highest BCUT2D eigenvalue weighted by Crippen LogP contribution is 2.33. The van der Waals surface area contributed by atoms with Gasteiger partial charge in [-0.25, -0.2) is 18.6 Å². The van der Waals surface area contributed by atoms with Crippen molar-refractivity contribution in [1.29, 1.82) is 0 Å². The molecule has 0 bridgehead atoms. The van der Waals surface area contributed by atoms with Gasteiger partial charge in [-0.2, -0.15) is 23.4 Å². The van der Waals surface area contributed by atoms with E-state index in [0.717, 1.165) is 16.8 Å². The van der Waals surface area contributed by atoms with E-state index in [1.807, 2.05) is 0 Å². The van der Waals surface area contributed by atoms with E-state index >= 15 is 0 Å². The van der Waals surface area contributed by atoms with Crippen molar-refractivity contribution in [2.45, 2.75) is 13.1 Å². The highest BCUT2D eigenvalue weighted by Gasteiger charge is 2.32. The molecule has 10 heteroatoms. The van der Waals surface area contributed by atoms with Crippen molar-refractivity contribution >= 4 is 17.1 Å². The molecule has 0 aliphatic heterocycles. The molecule has 0 aliphatic rings. The summed E-state index contributed by atoms with van der Waals surface area (Å²) in [5.74, 6) is 0.541. The Morgan fingerprint density at radius 1 is 1.07 bits per heavy atom. The van der Waals surface area contributed by atoms with Crippen molar-refractivity contribution in [1.82, 2.24) is 24.0 Å². The lowest BCUT2D eigenvalue weighted by Crippen LogP contribution is -2.21. The lowest BCUT2D eigenvalue weighted by molar-refractivity contribution is -0.137. The molecule has 4 rings (SSSR count). The second kappa shape index (κ2) is 6.23. The monoisotopic (exact) mass is 407 g/mol. The fourth-order valence-corrected chi connectivity index (χ4v) is 3.27. The molecule has 0 aliphatic carbocycles. The Balaban J connectivity index is 1.76. The number of benzene rings is 1. The molecule has 0 fully saturated rings. The first-order chi connectivity index (χ1) is 13.1. The van der Waals surface area contributed by atoms with Crippen LogP contribution in [0.25, 0.3) is 22.5 Å². The van der Waals surface area contributed by atoms with E-state index < -0.39 is 11.7 Å². The SMILES string of the molecule is Cc1nn(C)c(=O)n1-c1ccc(-c2cc3c(Cl)cc(C(F)(F)F)cn3n2)cc1. The minimum Gasteiger partial charge on any atom is -0.247 e. The predicted octanol–water partition coefficient (Wildman–Crippen LogP) is 3.87. The zero-order valence-electron chi connectivity index (χ0n) is 14.7. The van der Waals surface area contributed by atoms with Crippen LogP contribution in [0.1, 0.15) is 11.4 Å². The number of pyridine rings is 1. The molecule has 4 aromatic rings. The van der Waals surface area contributed by atoms with Crippen molar-refractivity contribution in [2.75, 3.05) is 0 Å².